The van der Waals surface area contributed by atoms with Crippen LogP contribution in [-0.4, -0.2) is 13.2 Å². The van der Waals surface area contributed by atoms with Crippen LogP contribution in [0.15, 0.2) is 15.0 Å². The Balaban J connectivity index is 2.63. The molecule has 0 saturated heterocycles. The Bertz CT molecular complexity index is 393. The third-order valence-corrected chi connectivity index (χ3v) is 4.72. The Kier molecular flexibility index (Phi) is 3.76. The van der Waals surface area contributed by atoms with Crippen LogP contribution in [0.5, 0.6) is 0 Å². The standard InChI is InChI=1S/C11H11Br2ClO/c1-6-4-8(12)7-2-3-15-5-9(14)10(7)11(6)13/h4,9H,2-3,5H2,1H3. The molecule has 1 unspecified atom stereocenters. The molecule has 0 radical (unpaired) electrons. The highest BCUT2D eigenvalue weighted by Gasteiger charge is 2.22. The van der Waals surface area contributed by atoms with Gasteiger partial charge in [-0.3, -0.25) is 0 Å². The number of aryl methyl sites for hydroxylation is 1. The molecule has 82 valence electrons. The second-order valence-corrected chi connectivity index (χ2v) is 5.85. The van der Waals surface area contributed by atoms with Crippen LogP contribution >= 0.6 is 43.5 Å². The average Bonchev–Trinajstić information content (AvgIpc) is 2.37. The maximum atomic E-state index is 6.33. The van der Waals surface area contributed by atoms with Crippen molar-refractivity contribution >= 4 is 43.5 Å². The van der Waals surface area contributed by atoms with Crippen molar-refractivity contribution in [1.82, 2.24) is 0 Å². The van der Waals surface area contributed by atoms with E-state index in [4.69, 9.17) is 16.3 Å². The highest BCUT2D eigenvalue weighted by molar-refractivity contribution is 9.11. The van der Waals surface area contributed by atoms with Crippen molar-refractivity contribution in [2.75, 3.05) is 13.2 Å². The molecule has 4 heteroatoms. The molecule has 0 saturated carbocycles. The van der Waals surface area contributed by atoms with E-state index in [0.29, 0.717) is 6.61 Å². The summed E-state index contributed by atoms with van der Waals surface area (Å²) >= 11 is 13.5. The van der Waals surface area contributed by atoms with Crippen LogP contribution in [0.3, 0.4) is 0 Å². The Labute approximate surface area is 111 Å². The van der Waals surface area contributed by atoms with E-state index in [1.165, 1.54) is 16.7 Å². The lowest BCUT2D eigenvalue weighted by atomic mass is 10.0. The zero-order chi connectivity index (χ0) is 11.0. The van der Waals surface area contributed by atoms with Gasteiger partial charge in [0.2, 0.25) is 0 Å². The molecule has 1 heterocycles. The largest absolute Gasteiger partial charge is 0.379 e. The normalized spacial score (nSPS) is 20.9. The summed E-state index contributed by atoms with van der Waals surface area (Å²) in [5, 5.41) is -0.0620. The maximum Gasteiger partial charge on any atom is 0.0833 e. The Morgan fingerprint density at radius 3 is 2.93 bits per heavy atom. The first-order chi connectivity index (χ1) is 7.11. The highest BCUT2D eigenvalue weighted by atomic mass is 79.9. The molecular weight excluding hydrogens is 343 g/mol. The van der Waals surface area contributed by atoms with Gasteiger partial charge in [0.15, 0.2) is 0 Å². The molecule has 1 aliphatic heterocycles. The van der Waals surface area contributed by atoms with E-state index in [1.807, 2.05) is 0 Å². The fourth-order valence-corrected chi connectivity index (χ4v) is 3.69. The van der Waals surface area contributed by atoms with Crippen LogP contribution in [0, 0.1) is 6.92 Å². The van der Waals surface area contributed by atoms with Crippen molar-refractivity contribution < 1.29 is 4.74 Å². The van der Waals surface area contributed by atoms with E-state index in [2.05, 4.69) is 44.8 Å². The summed E-state index contributed by atoms with van der Waals surface area (Å²) in [7, 11) is 0. The van der Waals surface area contributed by atoms with Crippen LogP contribution in [0.25, 0.3) is 0 Å². The van der Waals surface area contributed by atoms with E-state index in [-0.39, 0.29) is 5.38 Å². The molecule has 1 aliphatic rings. The minimum absolute atomic E-state index is 0.0620. The summed E-state index contributed by atoms with van der Waals surface area (Å²) in [4.78, 5) is 0. The fourth-order valence-electron chi connectivity index (χ4n) is 1.84. The summed E-state index contributed by atoms with van der Waals surface area (Å²) in [6.45, 7) is 3.40. The zero-order valence-electron chi connectivity index (χ0n) is 8.32. The predicted octanol–water partition coefficient (Wildman–Crippen LogP) is 4.37. The van der Waals surface area contributed by atoms with Crippen molar-refractivity contribution in [3.8, 4) is 0 Å². The van der Waals surface area contributed by atoms with Crippen LogP contribution in [0.2, 0.25) is 0 Å². The SMILES string of the molecule is Cc1cc(Br)c2c(c1Br)C(Cl)COCC2. The summed E-state index contributed by atoms with van der Waals surface area (Å²) in [6, 6.07) is 2.12. The van der Waals surface area contributed by atoms with Crippen LogP contribution in [0.4, 0.5) is 0 Å². The van der Waals surface area contributed by atoms with E-state index >= 15 is 0 Å². The second kappa shape index (κ2) is 4.74. The van der Waals surface area contributed by atoms with E-state index in [9.17, 15) is 0 Å². The van der Waals surface area contributed by atoms with Gasteiger partial charge in [-0.1, -0.05) is 31.9 Å². The van der Waals surface area contributed by atoms with Gasteiger partial charge in [0, 0.05) is 8.95 Å². The summed E-state index contributed by atoms with van der Waals surface area (Å²) in [5.41, 5.74) is 3.65. The third-order valence-electron chi connectivity index (χ3n) is 2.61. The zero-order valence-corrected chi connectivity index (χ0v) is 12.2. The van der Waals surface area contributed by atoms with E-state index in [0.717, 1.165) is 22.0 Å². The number of benzene rings is 1. The molecule has 0 aromatic heterocycles. The quantitative estimate of drug-likeness (QED) is 0.629. The molecular formula is C11H11Br2ClO. The summed E-state index contributed by atoms with van der Waals surface area (Å²) < 4.78 is 7.72. The molecule has 1 aromatic rings. The number of alkyl halides is 1. The van der Waals surface area contributed by atoms with Crippen LogP contribution < -0.4 is 0 Å². The Morgan fingerprint density at radius 1 is 1.47 bits per heavy atom. The van der Waals surface area contributed by atoms with Crippen molar-refractivity contribution in [3.63, 3.8) is 0 Å². The minimum Gasteiger partial charge on any atom is -0.379 e. The van der Waals surface area contributed by atoms with E-state index in [1.54, 1.807) is 0 Å². The Morgan fingerprint density at radius 2 is 2.20 bits per heavy atom. The lowest BCUT2D eigenvalue weighted by molar-refractivity contribution is 0.143. The first-order valence-electron chi connectivity index (χ1n) is 4.80. The summed E-state index contributed by atoms with van der Waals surface area (Å²) in [6.07, 6.45) is 0.915. The van der Waals surface area contributed by atoms with Gasteiger partial charge in [0.05, 0.1) is 18.6 Å². The lowest BCUT2D eigenvalue weighted by Crippen LogP contribution is -2.01. The lowest BCUT2D eigenvalue weighted by Gasteiger charge is -2.16. The van der Waals surface area contributed by atoms with Gasteiger partial charge in [-0.05, 0) is 36.1 Å². The van der Waals surface area contributed by atoms with Crippen LogP contribution in [0.1, 0.15) is 22.1 Å². The molecule has 0 fully saturated rings. The summed E-state index contributed by atoms with van der Waals surface area (Å²) in [5.74, 6) is 0. The molecule has 0 N–H and O–H groups in total. The topological polar surface area (TPSA) is 9.23 Å². The number of ether oxygens (including phenoxy) is 1. The number of fused-ring (bicyclic) bond motifs is 1. The van der Waals surface area contributed by atoms with E-state index < -0.39 is 0 Å². The molecule has 2 rings (SSSR count). The second-order valence-electron chi connectivity index (χ2n) is 3.67. The van der Waals surface area contributed by atoms with Gasteiger partial charge >= 0.3 is 0 Å². The minimum atomic E-state index is -0.0620. The molecule has 0 aliphatic carbocycles. The van der Waals surface area contributed by atoms with Gasteiger partial charge in [0.25, 0.3) is 0 Å². The number of rotatable bonds is 0. The highest BCUT2D eigenvalue weighted by Crippen LogP contribution is 2.39. The van der Waals surface area contributed by atoms with Crippen molar-refractivity contribution in [2.24, 2.45) is 0 Å². The molecule has 1 atom stereocenters. The molecule has 1 aromatic carbocycles. The van der Waals surface area contributed by atoms with Crippen LogP contribution in [-0.2, 0) is 11.2 Å². The number of halogens is 3. The third kappa shape index (κ3) is 2.26. The predicted molar refractivity (Wildman–Crippen MR) is 69.7 cm³/mol. The fraction of sp³-hybridized carbons (Fsp3) is 0.455. The Hall–Kier alpha value is 0.430. The molecule has 0 amide bonds. The van der Waals surface area contributed by atoms with Gasteiger partial charge in [-0.2, -0.15) is 0 Å². The maximum absolute atomic E-state index is 6.33. The van der Waals surface area contributed by atoms with Gasteiger partial charge in [-0.25, -0.2) is 0 Å². The van der Waals surface area contributed by atoms with Gasteiger partial charge in [-0.15, -0.1) is 11.6 Å². The first-order valence-corrected chi connectivity index (χ1v) is 6.82. The monoisotopic (exact) mass is 352 g/mol. The average molecular weight is 354 g/mol. The number of hydrogen-bond acceptors (Lipinski definition) is 1. The molecule has 15 heavy (non-hydrogen) atoms. The van der Waals surface area contributed by atoms with Gasteiger partial charge in [0.1, 0.15) is 0 Å². The smallest absolute Gasteiger partial charge is 0.0833 e. The molecule has 1 nitrogen and oxygen atoms in total. The molecule has 0 bridgehead atoms. The van der Waals surface area contributed by atoms with Crippen molar-refractivity contribution in [2.45, 2.75) is 18.7 Å². The van der Waals surface area contributed by atoms with Crippen molar-refractivity contribution in [1.29, 1.82) is 0 Å². The van der Waals surface area contributed by atoms with Gasteiger partial charge < -0.3 is 4.74 Å². The molecule has 0 spiro atoms. The van der Waals surface area contributed by atoms with Crippen molar-refractivity contribution in [3.05, 3.63) is 31.7 Å². The first kappa shape index (κ1) is 11.9. The number of hydrogen-bond donors (Lipinski definition) is 0.